The van der Waals surface area contributed by atoms with Gasteiger partial charge in [-0.3, -0.25) is 4.79 Å². The largest absolute Gasteiger partial charge is 0.418 e. The van der Waals surface area contributed by atoms with E-state index in [1.165, 1.54) is 6.07 Å². The van der Waals surface area contributed by atoms with E-state index in [0.29, 0.717) is 25.1 Å². The molecule has 0 radical (unpaired) electrons. The van der Waals surface area contributed by atoms with E-state index in [9.17, 15) is 22.8 Å². The SMILES string of the molecule is CCCCNC(=O)Nc1ccc(CCCC(=O)Nc2ccc(N)c(C(F)(F)F)c2)cc1. The Balaban J connectivity index is 1.78. The van der Waals surface area contributed by atoms with Gasteiger partial charge in [0.25, 0.3) is 0 Å². The molecule has 0 fully saturated rings. The molecule has 3 amide bonds. The number of rotatable bonds is 9. The van der Waals surface area contributed by atoms with Gasteiger partial charge in [-0.15, -0.1) is 0 Å². The minimum Gasteiger partial charge on any atom is -0.398 e. The van der Waals surface area contributed by atoms with Crippen LogP contribution < -0.4 is 21.7 Å². The first-order valence-electron chi connectivity index (χ1n) is 10.1. The number of anilines is 3. The highest BCUT2D eigenvalue weighted by molar-refractivity contribution is 5.91. The van der Waals surface area contributed by atoms with Crippen molar-refractivity contribution in [2.75, 3.05) is 22.9 Å². The Morgan fingerprint density at radius 1 is 0.968 bits per heavy atom. The van der Waals surface area contributed by atoms with Crippen molar-refractivity contribution in [3.63, 3.8) is 0 Å². The van der Waals surface area contributed by atoms with Crippen LogP contribution in [0.2, 0.25) is 0 Å². The van der Waals surface area contributed by atoms with E-state index in [4.69, 9.17) is 5.73 Å². The Morgan fingerprint density at radius 2 is 1.65 bits per heavy atom. The van der Waals surface area contributed by atoms with Gasteiger partial charge in [-0.2, -0.15) is 13.2 Å². The van der Waals surface area contributed by atoms with Gasteiger partial charge in [-0.1, -0.05) is 25.5 Å². The number of alkyl halides is 3. The molecule has 2 aromatic carbocycles. The van der Waals surface area contributed by atoms with Gasteiger partial charge in [-0.25, -0.2) is 4.79 Å². The summed E-state index contributed by atoms with van der Waals surface area (Å²) < 4.78 is 38.7. The maximum atomic E-state index is 12.9. The summed E-state index contributed by atoms with van der Waals surface area (Å²) in [5, 5.41) is 7.98. The number of halogens is 3. The Bertz CT molecular complexity index is 883. The second-order valence-corrected chi connectivity index (χ2v) is 7.13. The van der Waals surface area contributed by atoms with Gasteiger partial charge >= 0.3 is 12.2 Å². The second-order valence-electron chi connectivity index (χ2n) is 7.13. The molecule has 2 aromatic rings. The van der Waals surface area contributed by atoms with Crippen LogP contribution in [-0.4, -0.2) is 18.5 Å². The molecule has 5 N–H and O–H groups in total. The summed E-state index contributed by atoms with van der Waals surface area (Å²) in [5.41, 5.74) is 5.70. The number of nitrogens with one attached hydrogen (secondary N) is 3. The molecule has 6 nitrogen and oxygen atoms in total. The van der Waals surface area contributed by atoms with E-state index in [2.05, 4.69) is 16.0 Å². The van der Waals surface area contributed by atoms with Crippen LogP contribution in [0.1, 0.15) is 43.7 Å². The first-order chi connectivity index (χ1) is 14.7. The van der Waals surface area contributed by atoms with E-state index in [1.54, 1.807) is 12.1 Å². The second kappa shape index (κ2) is 11.2. The van der Waals surface area contributed by atoms with Crippen LogP contribution in [0.25, 0.3) is 0 Å². The van der Waals surface area contributed by atoms with E-state index in [0.717, 1.165) is 30.5 Å². The fourth-order valence-electron chi connectivity index (χ4n) is 2.86. The van der Waals surface area contributed by atoms with Crippen molar-refractivity contribution < 1.29 is 22.8 Å². The summed E-state index contributed by atoms with van der Waals surface area (Å²) in [6, 6.07) is 10.3. The fourth-order valence-corrected chi connectivity index (χ4v) is 2.86. The first-order valence-corrected chi connectivity index (χ1v) is 10.1. The van der Waals surface area contributed by atoms with Crippen LogP contribution in [0.15, 0.2) is 42.5 Å². The average Bonchev–Trinajstić information content (AvgIpc) is 2.70. The highest BCUT2D eigenvalue weighted by Crippen LogP contribution is 2.35. The number of unbranched alkanes of at least 4 members (excludes halogenated alkanes) is 1. The summed E-state index contributed by atoms with van der Waals surface area (Å²) >= 11 is 0. The van der Waals surface area contributed by atoms with Crippen LogP contribution in [0.3, 0.4) is 0 Å². The minimum atomic E-state index is -4.58. The fraction of sp³-hybridized carbons (Fsp3) is 0.364. The maximum absolute atomic E-state index is 12.9. The molecule has 0 unspecified atom stereocenters. The molecule has 0 heterocycles. The smallest absolute Gasteiger partial charge is 0.398 e. The van der Waals surface area contributed by atoms with Crippen LogP contribution in [0.5, 0.6) is 0 Å². The molecule has 0 spiro atoms. The summed E-state index contributed by atoms with van der Waals surface area (Å²) in [6.07, 6.45) is -1.36. The summed E-state index contributed by atoms with van der Waals surface area (Å²) in [5.74, 6) is -0.375. The zero-order chi connectivity index (χ0) is 22.9. The number of hydrogen-bond donors (Lipinski definition) is 4. The van der Waals surface area contributed by atoms with E-state index >= 15 is 0 Å². The van der Waals surface area contributed by atoms with Crippen LogP contribution >= 0.6 is 0 Å². The molecule has 31 heavy (non-hydrogen) atoms. The number of benzene rings is 2. The number of urea groups is 1. The van der Waals surface area contributed by atoms with Crippen molar-refractivity contribution in [2.45, 2.75) is 45.2 Å². The predicted octanol–water partition coefficient (Wildman–Crippen LogP) is 5.17. The Hall–Kier alpha value is -3.23. The molecule has 0 aliphatic heterocycles. The van der Waals surface area contributed by atoms with Gasteiger partial charge in [-0.05, 0) is 55.2 Å². The number of nitrogen functional groups attached to an aromatic ring is 1. The number of nitrogens with two attached hydrogens (primary N) is 1. The number of aryl methyl sites for hydroxylation is 1. The number of carbonyl (C=O) groups is 2. The standard InChI is InChI=1S/C22H27F3N4O2/c1-2-3-13-27-21(31)29-16-9-7-15(8-10-16)5-4-6-20(30)28-17-11-12-19(26)18(14-17)22(23,24)25/h7-12,14H,2-6,13,26H2,1H3,(H,28,30)(H2,27,29,31). The van der Waals surface area contributed by atoms with E-state index in [-0.39, 0.29) is 29.7 Å². The Morgan fingerprint density at radius 3 is 2.29 bits per heavy atom. The zero-order valence-electron chi connectivity index (χ0n) is 17.3. The maximum Gasteiger partial charge on any atom is 0.418 e. The topological polar surface area (TPSA) is 96.2 Å². The molecular weight excluding hydrogens is 409 g/mol. The van der Waals surface area contributed by atoms with Gasteiger partial charge in [0.15, 0.2) is 0 Å². The van der Waals surface area contributed by atoms with Crippen LogP contribution in [0.4, 0.5) is 35.0 Å². The lowest BCUT2D eigenvalue weighted by Crippen LogP contribution is -2.29. The molecule has 0 saturated carbocycles. The van der Waals surface area contributed by atoms with Crippen molar-refractivity contribution >= 4 is 29.0 Å². The molecule has 0 atom stereocenters. The van der Waals surface area contributed by atoms with Crippen LogP contribution in [-0.2, 0) is 17.4 Å². The van der Waals surface area contributed by atoms with Crippen molar-refractivity contribution in [2.24, 2.45) is 0 Å². The van der Waals surface area contributed by atoms with Crippen molar-refractivity contribution in [1.82, 2.24) is 5.32 Å². The average molecular weight is 436 g/mol. The van der Waals surface area contributed by atoms with Gasteiger partial charge in [0.05, 0.1) is 5.56 Å². The third kappa shape index (κ3) is 8.19. The van der Waals surface area contributed by atoms with Crippen molar-refractivity contribution in [1.29, 1.82) is 0 Å². The summed E-state index contributed by atoms with van der Waals surface area (Å²) in [6.45, 7) is 2.67. The lowest BCUT2D eigenvalue weighted by Gasteiger charge is -2.12. The van der Waals surface area contributed by atoms with Crippen LogP contribution in [0, 0.1) is 0 Å². The summed E-state index contributed by atoms with van der Waals surface area (Å²) in [7, 11) is 0. The minimum absolute atomic E-state index is 0.0548. The molecule has 0 aromatic heterocycles. The third-order valence-electron chi connectivity index (χ3n) is 4.54. The molecule has 0 aliphatic rings. The van der Waals surface area contributed by atoms with Crippen molar-refractivity contribution in [3.05, 3.63) is 53.6 Å². The lowest BCUT2D eigenvalue weighted by atomic mass is 10.1. The molecule has 0 saturated heterocycles. The van der Waals surface area contributed by atoms with Gasteiger partial charge in [0, 0.05) is 30.0 Å². The molecule has 2 rings (SSSR count). The number of carbonyl (C=O) groups excluding carboxylic acids is 2. The lowest BCUT2D eigenvalue weighted by molar-refractivity contribution is -0.136. The third-order valence-corrected chi connectivity index (χ3v) is 4.54. The number of hydrogen-bond acceptors (Lipinski definition) is 3. The Kier molecular flexibility index (Phi) is 8.72. The number of amides is 3. The predicted molar refractivity (Wildman–Crippen MR) is 116 cm³/mol. The monoisotopic (exact) mass is 436 g/mol. The molecule has 0 bridgehead atoms. The molecule has 0 aliphatic carbocycles. The Labute approximate surface area is 179 Å². The zero-order valence-corrected chi connectivity index (χ0v) is 17.3. The summed E-state index contributed by atoms with van der Waals surface area (Å²) in [4.78, 5) is 23.8. The van der Waals surface area contributed by atoms with E-state index in [1.807, 2.05) is 19.1 Å². The van der Waals surface area contributed by atoms with Gasteiger partial charge in [0.2, 0.25) is 5.91 Å². The van der Waals surface area contributed by atoms with Crippen molar-refractivity contribution in [3.8, 4) is 0 Å². The highest BCUT2D eigenvalue weighted by atomic mass is 19.4. The highest BCUT2D eigenvalue weighted by Gasteiger charge is 2.33. The van der Waals surface area contributed by atoms with E-state index < -0.39 is 11.7 Å². The quantitative estimate of drug-likeness (QED) is 0.323. The van der Waals surface area contributed by atoms with Gasteiger partial charge in [0.1, 0.15) is 0 Å². The molecule has 9 heteroatoms. The molecule has 168 valence electrons. The molecular formula is C22H27F3N4O2. The normalized spacial score (nSPS) is 11.1. The van der Waals surface area contributed by atoms with Gasteiger partial charge < -0.3 is 21.7 Å². The first kappa shape index (κ1) is 24.0.